The molecular weight excluding hydrogens is 412 g/mol. The summed E-state index contributed by atoms with van der Waals surface area (Å²) in [7, 11) is 0. The number of carbonyl (C=O) groups excluding carboxylic acids is 2. The molecule has 0 saturated carbocycles. The number of ether oxygens (including phenoxy) is 2. The van der Waals surface area contributed by atoms with Gasteiger partial charge in [0.15, 0.2) is 0 Å². The van der Waals surface area contributed by atoms with Crippen molar-refractivity contribution in [3.63, 3.8) is 0 Å². The summed E-state index contributed by atoms with van der Waals surface area (Å²) >= 11 is 0. The third kappa shape index (κ3) is 22.2. The molecule has 0 radical (unpaired) electrons. The maximum atomic E-state index is 11.7. The van der Waals surface area contributed by atoms with Crippen molar-refractivity contribution in [3.05, 3.63) is 12.2 Å². The molecule has 1 unspecified atom stereocenters. The maximum absolute atomic E-state index is 11.7. The zero-order valence-corrected chi connectivity index (χ0v) is 22.4. The Labute approximate surface area is 205 Å². The number of rotatable bonds is 23. The van der Waals surface area contributed by atoms with Crippen LogP contribution >= 0.6 is 0 Å². The van der Waals surface area contributed by atoms with Gasteiger partial charge in [-0.1, -0.05) is 130 Å². The highest BCUT2D eigenvalue weighted by Crippen LogP contribution is 2.14. The molecule has 0 aliphatic carbocycles. The van der Waals surface area contributed by atoms with Crippen LogP contribution in [0.5, 0.6) is 0 Å². The van der Waals surface area contributed by atoms with Crippen LogP contribution in [-0.2, 0) is 19.1 Å². The lowest BCUT2D eigenvalue weighted by Gasteiger charge is -2.18. The van der Waals surface area contributed by atoms with Crippen LogP contribution in [0, 0.1) is 5.92 Å². The molecule has 0 aromatic rings. The van der Waals surface area contributed by atoms with Crippen LogP contribution < -0.4 is 0 Å². The van der Waals surface area contributed by atoms with Crippen LogP contribution in [0.25, 0.3) is 0 Å². The fourth-order valence-corrected chi connectivity index (χ4v) is 4.06. The van der Waals surface area contributed by atoms with E-state index in [4.69, 9.17) is 9.47 Å². The molecule has 0 aromatic carbocycles. The van der Waals surface area contributed by atoms with E-state index in [2.05, 4.69) is 6.92 Å². The first kappa shape index (κ1) is 31.7. The molecule has 0 N–H and O–H groups in total. The molecule has 0 bridgehead atoms. The second kappa shape index (κ2) is 23.8. The Kier molecular flexibility index (Phi) is 22.9. The SMILES string of the molecule is CCCCCCCCCCCCCCCCCCCOC(=O)/C=C/C(=O)OC(CC)C(C)C. The highest BCUT2D eigenvalue weighted by atomic mass is 16.5. The van der Waals surface area contributed by atoms with E-state index < -0.39 is 11.9 Å². The van der Waals surface area contributed by atoms with Crippen molar-refractivity contribution in [2.24, 2.45) is 5.92 Å². The van der Waals surface area contributed by atoms with Gasteiger partial charge in [0.25, 0.3) is 0 Å². The van der Waals surface area contributed by atoms with Gasteiger partial charge in [0.2, 0.25) is 0 Å². The molecule has 0 saturated heterocycles. The third-order valence-electron chi connectivity index (χ3n) is 6.26. The molecule has 0 rings (SSSR count). The zero-order chi connectivity index (χ0) is 24.6. The molecule has 33 heavy (non-hydrogen) atoms. The predicted octanol–water partition coefficient (Wildman–Crippen LogP) is 8.72. The lowest BCUT2D eigenvalue weighted by molar-refractivity contribution is -0.146. The van der Waals surface area contributed by atoms with Gasteiger partial charge in [-0.2, -0.15) is 0 Å². The number of hydrogen-bond acceptors (Lipinski definition) is 4. The number of unbranched alkanes of at least 4 members (excludes halogenated alkanes) is 16. The minimum atomic E-state index is -0.481. The van der Waals surface area contributed by atoms with Gasteiger partial charge in [-0.25, -0.2) is 9.59 Å². The summed E-state index contributed by atoms with van der Waals surface area (Å²) < 4.78 is 10.5. The monoisotopic (exact) mass is 466 g/mol. The first-order valence-corrected chi connectivity index (χ1v) is 14.1. The summed E-state index contributed by atoms with van der Waals surface area (Å²) in [6, 6.07) is 0. The summed E-state index contributed by atoms with van der Waals surface area (Å²) in [4.78, 5) is 23.4. The molecule has 0 heterocycles. The Bertz CT molecular complexity index is 484. The second-order valence-corrected chi connectivity index (χ2v) is 9.79. The quantitative estimate of drug-likeness (QED) is 0.0858. The smallest absolute Gasteiger partial charge is 0.331 e. The van der Waals surface area contributed by atoms with Gasteiger partial charge in [0.1, 0.15) is 6.10 Å². The van der Waals surface area contributed by atoms with Crippen molar-refractivity contribution >= 4 is 11.9 Å². The van der Waals surface area contributed by atoms with Crippen molar-refractivity contribution in [1.29, 1.82) is 0 Å². The van der Waals surface area contributed by atoms with E-state index in [9.17, 15) is 9.59 Å². The maximum Gasteiger partial charge on any atom is 0.331 e. The van der Waals surface area contributed by atoms with E-state index in [-0.39, 0.29) is 12.0 Å². The highest BCUT2D eigenvalue weighted by molar-refractivity contribution is 5.91. The van der Waals surface area contributed by atoms with Gasteiger partial charge < -0.3 is 9.47 Å². The van der Waals surface area contributed by atoms with E-state index in [1.807, 2.05) is 20.8 Å². The fraction of sp³-hybridized carbons (Fsp3) is 0.862. The van der Waals surface area contributed by atoms with Crippen LogP contribution in [0.15, 0.2) is 12.2 Å². The summed E-state index contributed by atoms with van der Waals surface area (Å²) in [5.41, 5.74) is 0. The zero-order valence-electron chi connectivity index (χ0n) is 22.4. The van der Waals surface area contributed by atoms with Gasteiger partial charge in [-0.3, -0.25) is 0 Å². The standard InChI is InChI=1S/C29H54O4/c1-5-7-8-9-10-11-12-13-14-15-16-17-18-19-20-21-22-25-32-28(30)23-24-29(31)33-27(6-2)26(3)4/h23-24,26-27H,5-22,25H2,1-4H3/b24-23+. The average Bonchev–Trinajstić information content (AvgIpc) is 2.80. The first-order valence-electron chi connectivity index (χ1n) is 14.1. The van der Waals surface area contributed by atoms with E-state index in [0.29, 0.717) is 6.61 Å². The topological polar surface area (TPSA) is 52.6 Å². The first-order chi connectivity index (χ1) is 16.0. The molecular formula is C29H54O4. The average molecular weight is 467 g/mol. The molecule has 0 aliphatic heterocycles. The molecule has 0 aliphatic rings. The van der Waals surface area contributed by atoms with Crippen LogP contribution in [0.4, 0.5) is 0 Å². The van der Waals surface area contributed by atoms with Crippen molar-refractivity contribution in [2.45, 2.75) is 149 Å². The van der Waals surface area contributed by atoms with Gasteiger partial charge in [0, 0.05) is 12.2 Å². The minimum Gasteiger partial charge on any atom is -0.463 e. The lowest BCUT2D eigenvalue weighted by atomic mass is 10.0. The number of carbonyl (C=O) groups is 2. The van der Waals surface area contributed by atoms with E-state index in [1.54, 1.807) is 0 Å². The Balaban J connectivity index is 3.40. The summed E-state index contributed by atoms with van der Waals surface area (Å²) in [5.74, 6) is -0.689. The van der Waals surface area contributed by atoms with Crippen molar-refractivity contribution < 1.29 is 19.1 Å². The Hall–Kier alpha value is -1.32. The molecule has 0 fully saturated rings. The van der Waals surface area contributed by atoms with Gasteiger partial charge in [-0.15, -0.1) is 0 Å². The number of hydrogen-bond donors (Lipinski definition) is 0. The Morgan fingerprint density at radius 1 is 0.606 bits per heavy atom. The Morgan fingerprint density at radius 2 is 1.00 bits per heavy atom. The highest BCUT2D eigenvalue weighted by Gasteiger charge is 2.14. The Morgan fingerprint density at radius 3 is 1.39 bits per heavy atom. The molecule has 194 valence electrons. The summed E-state index contributed by atoms with van der Waals surface area (Å²) in [5, 5.41) is 0. The molecule has 0 amide bonds. The van der Waals surface area contributed by atoms with E-state index in [0.717, 1.165) is 19.3 Å². The van der Waals surface area contributed by atoms with Crippen LogP contribution in [0.2, 0.25) is 0 Å². The van der Waals surface area contributed by atoms with Gasteiger partial charge in [-0.05, 0) is 18.8 Å². The van der Waals surface area contributed by atoms with Crippen molar-refractivity contribution in [3.8, 4) is 0 Å². The van der Waals surface area contributed by atoms with Gasteiger partial charge >= 0.3 is 11.9 Å². The molecule has 0 spiro atoms. The second-order valence-electron chi connectivity index (χ2n) is 9.79. The van der Waals surface area contributed by atoms with Crippen molar-refractivity contribution in [1.82, 2.24) is 0 Å². The van der Waals surface area contributed by atoms with Crippen LogP contribution in [0.1, 0.15) is 143 Å². The van der Waals surface area contributed by atoms with Crippen LogP contribution in [-0.4, -0.2) is 24.6 Å². The third-order valence-corrected chi connectivity index (χ3v) is 6.26. The van der Waals surface area contributed by atoms with Crippen molar-refractivity contribution in [2.75, 3.05) is 6.61 Å². The van der Waals surface area contributed by atoms with Gasteiger partial charge in [0.05, 0.1) is 6.61 Å². The largest absolute Gasteiger partial charge is 0.463 e. The van der Waals surface area contributed by atoms with Crippen LogP contribution in [0.3, 0.4) is 0 Å². The molecule has 4 heteroatoms. The predicted molar refractivity (Wildman–Crippen MR) is 139 cm³/mol. The van der Waals surface area contributed by atoms with E-state index >= 15 is 0 Å². The minimum absolute atomic E-state index is 0.118. The van der Waals surface area contributed by atoms with E-state index in [1.165, 1.54) is 108 Å². The molecule has 0 aromatic heterocycles. The lowest BCUT2D eigenvalue weighted by Crippen LogP contribution is -2.21. The normalized spacial score (nSPS) is 12.4. The summed E-state index contributed by atoms with van der Waals surface area (Å²) in [6.07, 6.45) is 25.6. The fourth-order valence-electron chi connectivity index (χ4n) is 4.06. The molecule has 1 atom stereocenters. The summed E-state index contributed by atoms with van der Waals surface area (Å²) in [6.45, 7) is 8.70. The molecule has 4 nitrogen and oxygen atoms in total. The number of esters is 2.